The molecule has 0 aliphatic carbocycles. The number of hydrogen-bond acceptors (Lipinski definition) is 7. The Balaban J connectivity index is 1.62. The van der Waals surface area contributed by atoms with Gasteiger partial charge in [-0.25, -0.2) is 0 Å². The highest BCUT2D eigenvalue weighted by Crippen LogP contribution is 2.31. The van der Waals surface area contributed by atoms with Gasteiger partial charge < -0.3 is 29.6 Å². The van der Waals surface area contributed by atoms with Gasteiger partial charge in [0.15, 0.2) is 28.8 Å². The zero-order chi connectivity index (χ0) is 27.9. The molecule has 9 nitrogen and oxygen atoms in total. The number of rotatable bonds is 10. The van der Waals surface area contributed by atoms with Gasteiger partial charge in [-0.15, -0.1) is 0 Å². The third kappa shape index (κ3) is 6.27. The number of carbonyl (C=O) groups excluding carboxylic acids is 2. The molecule has 0 unspecified atom stereocenters. The van der Waals surface area contributed by atoms with Crippen molar-refractivity contribution in [2.75, 3.05) is 14.2 Å². The Morgan fingerprint density at radius 2 is 1.51 bits per heavy atom. The Bertz CT molecular complexity index is 1520. The largest absolute Gasteiger partial charge is 0.493 e. The Labute approximate surface area is 225 Å². The maximum absolute atomic E-state index is 13.4. The molecule has 0 aliphatic rings. The molecule has 202 valence electrons. The van der Waals surface area contributed by atoms with Crippen molar-refractivity contribution in [1.29, 1.82) is 0 Å². The summed E-state index contributed by atoms with van der Waals surface area (Å²) in [4.78, 5) is 39.4. The maximum Gasteiger partial charge on any atom is 0.287 e. The van der Waals surface area contributed by atoms with E-state index in [2.05, 4.69) is 10.6 Å². The molecule has 0 saturated carbocycles. The predicted molar refractivity (Wildman–Crippen MR) is 146 cm³/mol. The minimum Gasteiger partial charge on any atom is -0.493 e. The van der Waals surface area contributed by atoms with Crippen LogP contribution in [-0.2, 0) is 17.8 Å². The second-order valence-corrected chi connectivity index (χ2v) is 9.01. The van der Waals surface area contributed by atoms with Crippen molar-refractivity contribution in [2.45, 2.75) is 32.0 Å². The van der Waals surface area contributed by atoms with Crippen LogP contribution in [0.5, 0.6) is 11.5 Å². The topological polar surface area (TPSA) is 127 Å². The average Bonchev–Trinajstić information content (AvgIpc) is 2.97. The fraction of sp³-hybridized carbons (Fsp3) is 0.233. The maximum atomic E-state index is 13.4. The van der Waals surface area contributed by atoms with Crippen molar-refractivity contribution in [3.63, 3.8) is 0 Å². The smallest absolute Gasteiger partial charge is 0.287 e. The van der Waals surface area contributed by atoms with Crippen LogP contribution in [0, 0.1) is 6.92 Å². The van der Waals surface area contributed by atoms with E-state index in [1.807, 2.05) is 60.7 Å². The van der Waals surface area contributed by atoms with E-state index in [-0.39, 0.29) is 35.3 Å². The zero-order valence-electron chi connectivity index (χ0n) is 21.9. The van der Waals surface area contributed by atoms with E-state index in [0.717, 1.165) is 11.1 Å². The lowest BCUT2D eigenvalue weighted by Gasteiger charge is -2.24. The highest BCUT2D eigenvalue weighted by molar-refractivity contribution is 5.96. The molecule has 1 aromatic heterocycles. The third-order valence-corrected chi connectivity index (χ3v) is 6.40. The van der Waals surface area contributed by atoms with Crippen LogP contribution in [0.3, 0.4) is 0 Å². The number of ether oxygens (including phenoxy) is 2. The molecule has 3 N–H and O–H groups in total. The number of benzene rings is 3. The first-order valence-electron chi connectivity index (χ1n) is 12.4. The summed E-state index contributed by atoms with van der Waals surface area (Å²) in [5.74, 6) is -0.933. The first kappa shape index (κ1) is 27.4. The Morgan fingerprint density at radius 1 is 0.923 bits per heavy atom. The highest BCUT2D eigenvalue weighted by Gasteiger charge is 2.30. The third-order valence-electron chi connectivity index (χ3n) is 6.40. The first-order valence-corrected chi connectivity index (χ1v) is 12.4. The van der Waals surface area contributed by atoms with Crippen LogP contribution in [0.15, 0.2) is 82.0 Å². The van der Waals surface area contributed by atoms with Gasteiger partial charge in [0.1, 0.15) is 5.58 Å². The summed E-state index contributed by atoms with van der Waals surface area (Å²) in [6, 6.07) is 20.4. The molecule has 39 heavy (non-hydrogen) atoms. The van der Waals surface area contributed by atoms with Gasteiger partial charge >= 0.3 is 0 Å². The van der Waals surface area contributed by atoms with Crippen LogP contribution in [0.2, 0.25) is 0 Å². The zero-order valence-corrected chi connectivity index (χ0v) is 21.9. The lowest BCUT2D eigenvalue weighted by molar-refractivity contribution is -0.130. The normalized spacial score (nSPS) is 12.4. The molecule has 0 aliphatic heterocycles. The van der Waals surface area contributed by atoms with Crippen molar-refractivity contribution in [2.24, 2.45) is 0 Å². The van der Waals surface area contributed by atoms with Crippen LogP contribution in [-0.4, -0.2) is 43.3 Å². The van der Waals surface area contributed by atoms with Crippen molar-refractivity contribution in [1.82, 2.24) is 10.6 Å². The minimum absolute atomic E-state index is 0.0775. The summed E-state index contributed by atoms with van der Waals surface area (Å²) >= 11 is 0. The Kier molecular flexibility index (Phi) is 8.63. The summed E-state index contributed by atoms with van der Waals surface area (Å²) in [5.41, 5.74) is 1.46. The molecule has 0 bridgehead atoms. The average molecular weight is 531 g/mol. The second-order valence-electron chi connectivity index (χ2n) is 9.01. The van der Waals surface area contributed by atoms with Crippen LogP contribution in [0.4, 0.5) is 0 Å². The number of aliphatic hydroxyl groups excluding tert-OH is 1. The fourth-order valence-corrected chi connectivity index (χ4v) is 4.25. The van der Waals surface area contributed by atoms with E-state index >= 15 is 0 Å². The molecule has 0 saturated heterocycles. The lowest BCUT2D eigenvalue weighted by atomic mass is 10.00. The standard InChI is InChI=1S/C30H30N2O7/c1-18-26(33)21-15-24(37-2)25(38-3)16-23(21)39-28(18)30(36)32-22(14-19-10-6-4-7-11-19)27(34)29(35)31-17-20-12-8-5-9-13-20/h4-13,15-16,22,27,34H,14,17H2,1-3H3,(H,31,35)(H,32,36)/t22-,27+/m0/s1. The van der Waals surface area contributed by atoms with E-state index in [1.54, 1.807) is 0 Å². The van der Waals surface area contributed by atoms with E-state index in [9.17, 15) is 19.5 Å². The molecule has 0 spiro atoms. The summed E-state index contributed by atoms with van der Waals surface area (Å²) in [6.07, 6.45) is -1.41. The SMILES string of the molecule is COc1cc2oc(C(=O)N[C@@H](Cc3ccccc3)[C@@H](O)C(=O)NCc3ccccc3)c(C)c(=O)c2cc1OC. The molecule has 2 atom stereocenters. The number of nitrogens with one attached hydrogen (secondary N) is 2. The van der Waals surface area contributed by atoms with Gasteiger partial charge in [0.25, 0.3) is 11.8 Å². The van der Waals surface area contributed by atoms with E-state index < -0.39 is 29.4 Å². The van der Waals surface area contributed by atoms with E-state index in [0.29, 0.717) is 11.5 Å². The van der Waals surface area contributed by atoms with Gasteiger partial charge in [0.05, 0.1) is 25.6 Å². The summed E-state index contributed by atoms with van der Waals surface area (Å²) < 4.78 is 16.4. The number of methoxy groups -OCH3 is 2. The molecular weight excluding hydrogens is 500 g/mol. The van der Waals surface area contributed by atoms with Crippen LogP contribution >= 0.6 is 0 Å². The van der Waals surface area contributed by atoms with Gasteiger partial charge in [-0.1, -0.05) is 60.7 Å². The molecule has 3 aromatic carbocycles. The number of hydrogen-bond donors (Lipinski definition) is 3. The first-order chi connectivity index (χ1) is 18.8. The number of fused-ring (bicyclic) bond motifs is 1. The number of amides is 2. The molecule has 4 aromatic rings. The van der Waals surface area contributed by atoms with Crippen molar-refractivity contribution >= 4 is 22.8 Å². The van der Waals surface area contributed by atoms with Gasteiger partial charge in [0.2, 0.25) is 0 Å². The van der Waals surface area contributed by atoms with Gasteiger partial charge in [-0.3, -0.25) is 14.4 Å². The lowest BCUT2D eigenvalue weighted by Crippen LogP contribution is -2.51. The van der Waals surface area contributed by atoms with Gasteiger partial charge in [-0.2, -0.15) is 0 Å². The second kappa shape index (κ2) is 12.3. The molecule has 0 fully saturated rings. The monoisotopic (exact) mass is 530 g/mol. The number of carbonyl (C=O) groups is 2. The molecule has 1 heterocycles. The quantitative estimate of drug-likeness (QED) is 0.288. The van der Waals surface area contributed by atoms with E-state index in [1.165, 1.54) is 33.3 Å². The predicted octanol–water partition coefficient (Wildman–Crippen LogP) is 3.14. The van der Waals surface area contributed by atoms with Crippen LogP contribution in [0.1, 0.15) is 27.2 Å². The van der Waals surface area contributed by atoms with Crippen molar-refractivity contribution in [3.8, 4) is 11.5 Å². The van der Waals surface area contributed by atoms with Crippen molar-refractivity contribution < 1.29 is 28.6 Å². The number of aliphatic hydroxyl groups is 1. The highest BCUT2D eigenvalue weighted by atomic mass is 16.5. The summed E-state index contributed by atoms with van der Waals surface area (Å²) in [6.45, 7) is 1.69. The molecular formula is C30H30N2O7. The van der Waals surface area contributed by atoms with Crippen molar-refractivity contribution in [3.05, 3.63) is 105 Å². The molecule has 0 radical (unpaired) electrons. The summed E-state index contributed by atoms with van der Waals surface area (Å²) in [7, 11) is 2.90. The van der Waals surface area contributed by atoms with Gasteiger partial charge in [-0.05, 0) is 30.5 Å². The Hall–Kier alpha value is -4.63. The fourth-order valence-electron chi connectivity index (χ4n) is 4.25. The summed E-state index contributed by atoms with van der Waals surface area (Å²) in [5, 5.41) is 16.6. The van der Waals surface area contributed by atoms with Gasteiger partial charge in [0, 0.05) is 18.2 Å². The Morgan fingerprint density at radius 3 is 2.13 bits per heavy atom. The molecule has 4 rings (SSSR count). The minimum atomic E-state index is -1.57. The van der Waals surface area contributed by atoms with Crippen LogP contribution < -0.4 is 25.5 Å². The van der Waals surface area contributed by atoms with Crippen LogP contribution in [0.25, 0.3) is 11.0 Å². The molecule has 9 heteroatoms. The molecule has 2 amide bonds. The van der Waals surface area contributed by atoms with E-state index in [4.69, 9.17) is 13.9 Å².